The van der Waals surface area contributed by atoms with E-state index in [1.165, 1.54) is 19.3 Å². The van der Waals surface area contributed by atoms with Crippen molar-refractivity contribution in [2.24, 2.45) is 5.41 Å². The third kappa shape index (κ3) is 2.74. The molecule has 0 heteroatoms. The first-order valence-electron chi connectivity index (χ1n) is 4.76. The van der Waals surface area contributed by atoms with Crippen molar-refractivity contribution in [1.82, 2.24) is 0 Å². The van der Waals surface area contributed by atoms with Crippen LogP contribution in [0.15, 0.2) is 12.2 Å². The summed E-state index contributed by atoms with van der Waals surface area (Å²) < 4.78 is 0. The molecule has 1 atom stereocenters. The molecule has 0 fully saturated rings. The number of rotatable bonds is 5. The molecule has 0 saturated heterocycles. The van der Waals surface area contributed by atoms with Gasteiger partial charge in [-0.15, -0.1) is 6.42 Å². The lowest BCUT2D eigenvalue weighted by atomic mass is 9.76. The zero-order chi connectivity index (χ0) is 9.61. The van der Waals surface area contributed by atoms with Gasteiger partial charge in [0, 0.05) is 5.57 Å². The Hall–Kier alpha value is -0.700. The van der Waals surface area contributed by atoms with Gasteiger partial charge in [0.25, 0.3) is 0 Å². The highest BCUT2D eigenvalue weighted by Gasteiger charge is 2.23. The summed E-state index contributed by atoms with van der Waals surface area (Å²) >= 11 is 0. The first-order valence-corrected chi connectivity index (χ1v) is 4.76. The van der Waals surface area contributed by atoms with Crippen LogP contribution in [0.4, 0.5) is 0 Å². The van der Waals surface area contributed by atoms with Gasteiger partial charge in [-0.25, -0.2) is 0 Å². The molecule has 0 heterocycles. The molecule has 0 amide bonds. The van der Waals surface area contributed by atoms with Crippen LogP contribution in [0.3, 0.4) is 0 Å². The van der Waals surface area contributed by atoms with Gasteiger partial charge < -0.3 is 0 Å². The van der Waals surface area contributed by atoms with Gasteiger partial charge in [-0.05, 0) is 18.3 Å². The minimum absolute atomic E-state index is 0.171. The molecule has 68 valence electrons. The standard InChI is InChI=1S/C12H20/c1-6-9-10-12(5,8-3)11(4)7-2/h2H,4,6,8-10H2,1,3,5H3. The third-order valence-corrected chi connectivity index (χ3v) is 2.77. The van der Waals surface area contributed by atoms with Crippen molar-refractivity contribution in [2.75, 3.05) is 0 Å². The number of unbranched alkanes of at least 4 members (excludes halogenated alkanes) is 1. The molecule has 0 aliphatic rings. The van der Waals surface area contributed by atoms with Gasteiger partial charge in [-0.1, -0.05) is 46.1 Å². The summed E-state index contributed by atoms with van der Waals surface area (Å²) in [4.78, 5) is 0. The summed E-state index contributed by atoms with van der Waals surface area (Å²) in [5.74, 6) is 2.67. The molecular formula is C12H20. The average molecular weight is 164 g/mol. The van der Waals surface area contributed by atoms with Crippen LogP contribution >= 0.6 is 0 Å². The Bertz CT molecular complexity index is 183. The molecule has 0 N–H and O–H groups in total. The van der Waals surface area contributed by atoms with Crippen molar-refractivity contribution in [3.05, 3.63) is 12.2 Å². The van der Waals surface area contributed by atoms with E-state index in [1.54, 1.807) is 0 Å². The molecule has 0 spiro atoms. The molecule has 0 aliphatic carbocycles. The fraction of sp³-hybridized carbons (Fsp3) is 0.667. The summed E-state index contributed by atoms with van der Waals surface area (Å²) in [5.41, 5.74) is 1.13. The van der Waals surface area contributed by atoms with E-state index >= 15 is 0 Å². The lowest BCUT2D eigenvalue weighted by molar-refractivity contribution is 0.350. The van der Waals surface area contributed by atoms with E-state index in [1.807, 2.05) is 0 Å². The Labute approximate surface area is 77.1 Å². The fourth-order valence-electron chi connectivity index (χ4n) is 1.28. The van der Waals surface area contributed by atoms with E-state index in [0.29, 0.717) is 0 Å². The quantitative estimate of drug-likeness (QED) is 0.542. The Morgan fingerprint density at radius 1 is 1.50 bits per heavy atom. The summed E-state index contributed by atoms with van der Waals surface area (Å²) in [6.07, 6.45) is 10.1. The smallest absolute Gasteiger partial charge is 0.000481 e. The zero-order valence-corrected chi connectivity index (χ0v) is 8.61. The fourth-order valence-corrected chi connectivity index (χ4v) is 1.28. The summed E-state index contributed by atoms with van der Waals surface area (Å²) in [6.45, 7) is 10.5. The molecule has 0 bridgehead atoms. The van der Waals surface area contributed by atoms with E-state index in [0.717, 1.165) is 12.0 Å². The van der Waals surface area contributed by atoms with Gasteiger partial charge in [0.15, 0.2) is 0 Å². The topological polar surface area (TPSA) is 0 Å². The summed E-state index contributed by atoms with van der Waals surface area (Å²) in [6, 6.07) is 0. The number of terminal acetylenes is 1. The average Bonchev–Trinajstić information content (AvgIpc) is 2.12. The Morgan fingerprint density at radius 2 is 2.08 bits per heavy atom. The second-order valence-electron chi connectivity index (χ2n) is 3.64. The number of hydrogen-bond donors (Lipinski definition) is 0. The van der Waals surface area contributed by atoms with Crippen LogP contribution in [0.2, 0.25) is 0 Å². The van der Waals surface area contributed by atoms with E-state index < -0.39 is 0 Å². The van der Waals surface area contributed by atoms with Crippen LogP contribution in [0, 0.1) is 17.8 Å². The predicted octanol–water partition coefficient (Wildman–Crippen LogP) is 3.78. The van der Waals surface area contributed by atoms with Gasteiger partial charge in [-0.3, -0.25) is 0 Å². The number of allylic oxidation sites excluding steroid dienone is 1. The van der Waals surface area contributed by atoms with Crippen LogP contribution in [0.5, 0.6) is 0 Å². The minimum Gasteiger partial charge on any atom is -0.115 e. The molecule has 0 saturated carbocycles. The molecule has 0 radical (unpaired) electrons. The first kappa shape index (κ1) is 11.3. The lowest BCUT2D eigenvalue weighted by Gasteiger charge is -2.27. The van der Waals surface area contributed by atoms with Crippen LogP contribution in [0.1, 0.15) is 46.5 Å². The number of hydrogen-bond acceptors (Lipinski definition) is 0. The van der Waals surface area contributed by atoms with E-state index in [4.69, 9.17) is 6.42 Å². The van der Waals surface area contributed by atoms with Crippen molar-refractivity contribution in [3.63, 3.8) is 0 Å². The minimum atomic E-state index is 0.171. The van der Waals surface area contributed by atoms with Crippen molar-refractivity contribution in [3.8, 4) is 12.3 Å². The Kier molecular flexibility index (Phi) is 4.74. The summed E-state index contributed by atoms with van der Waals surface area (Å²) in [7, 11) is 0. The Morgan fingerprint density at radius 3 is 2.42 bits per heavy atom. The van der Waals surface area contributed by atoms with Gasteiger partial charge >= 0.3 is 0 Å². The predicted molar refractivity (Wildman–Crippen MR) is 55.9 cm³/mol. The molecule has 0 aromatic heterocycles. The second kappa shape index (κ2) is 5.04. The van der Waals surface area contributed by atoms with E-state index in [9.17, 15) is 0 Å². The molecular weight excluding hydrogens is 144 g/mol. The maximum atomic E-state index is 5.36. The highest BCUT2D eigenvalue weighted by Crippen LogP contribution is 2.34. The molecule has 0 aromatic rings. The molecule has 0 aliphatic heterocycles. The lowest BCUT2D eigenvalue weighted by Crippen LogP contribution is -2.16. The van der Waals surface area contributed by atoms with Crippen molar-refractivity contribution in [2.45, 2.75) is 46.5 Å². The van der Waals surface area contributed by atoms with Crippen molar-refractivity contribution < 1.29 is 0 Å². The van der Waals surface area contributed by atoms with E-state index in [-0.39, 0.29) is 5.41 Å². The maximum Gasteiger partial charge on any atom is 0.000481 e. The first-order chi connectivity index (χ1) is 5.60. The maximum absolute atomic E-state index is 5.36. The molecule has 0 nitrogen and oxygen atoms in total. The van der Waals surface area contributed by atoms with Gasteiger partial charge in [0.05, 0.1) is 0 Å². The van der Waals surface area contributed by atoms with Crippen molar-refractivity contribution >= 4 is 0 Å². The monoisotopic (exact) mass is 164 g/mol. The zero-order valence-electron chi connectivity index (χ0n) is 8.61. The largest absolute Gasteiger partial charge is 0.115 e. The van der Waals surface area contributed by atoms with Gasteiger partial charge in [0.1, 0.15) is 0 Å². The van der Waals surface area contributed by atoms with Crippen LogP contribution in [0.25, 0.3) is 0 Å². The van der Waals surface area contributed by atoms with E-state index in [2.05, 4.69) is 33.3 Å². The molecule has 12 heavy (non-hydrogen) atoms. The highest BCUT2D eigenvalue weighted by molar-refractivity contribution is 5.28. The third-order valence-electron chi connectivity index (χ3n) is 2.77. The van der Waals surface area contributed by atoms with Crippen LogP contribution in [-0.2, 0) is 0 Å². The normalized spacial score (nSPS) is 14.8. The van der Waals surface area contributed by atoms with Gasteiger partial charge in [0.2, 0.25) is 0 Å². The summed E-state index contributed by atoms with van der Waals surface area (Å²) in [5, 5.41) is 0. The van der Waals surface area contributed by atoms with Gasteiger partial charge in [-0.2, -0.15) is 0 Å². The SMILES string of the molecule is C#CC(=C)C(C)(CC)CCCC. The van der Waals surface area contributed by atoms with Crippen molar-refractivity contribution in [1.29, 1.82) is 0 Å². The molecule has 0 rings (SSSR count). The molecule has 0 aromatic carbocycles. The van der Waals surface area contributed by atoms with Crippen LogP contribution < -0.4 is 0 Å². The second-order valence-corrected chi connectivity index (χ2v) is 3.64. The van der Waals surface area contributed by atoms with Crippen LogP contribution in [-0.4, -0.2) is 0 Å². The Balaban J connectivity index is 4.26. The molecule has 1 unspecified atom stereocenters. The highest BCUT2D eigenvalue weighted by atomic mass is 14.3.